The molecule has 3 atom stereocenters. The quantitative estimate of drug-likeness (QED) is 0.0197. The number of phosphoric acid groups is 1. The van der Waals surface area contributed by atoms with E-state index in [9.17, 15) is 28.9 Å². The highest BCUT2D eigenvalue weighted by molar-refractivity contribution is 7.47. The van der Waals surface area contributed by atoms with Crippen LogP contribution < -0.4 is 0 Å². The molecule has 0 aromatic carbocycles. The number of rotatable bonds is 47. The van der Waals surface area contributed by atoms with Gasteiger partial charge in [0.25, 0.3) is 0 Å². The van der Waals surface area contributed by atoms with Crippen LogP contribution in [-0.2, 0) is 42.2 Å². The molecule has 0 fully saturated rings. The van der Waals surface area contributed by atoms with E-state index in [0.717, 1.165) is 96.3 Å². The monoisotopic (exact) mass is 949 g/mol. The van der Waals surface area contributed by atoms with Crippen LogP contribution in [0.15, 0.2) is 72.9 Å². The third-order valence-corrected chi connectivity index (χ3v) is 11.6. The first kappa shape index (κ1) is 62.9. The summed E-state index contributed by atoms with van der Waals surface area (Å²) in [6.07, 6.45) is 51.8. The number of allylic oxidation sites excluding steroid dienone is 12. The number of ether oxygens (including phenoxy) is 3. The zero-order chi connectivity index (χ0) is 48.4. The lowest BCUT2D eigenvalue weighted by Crippen LogP contribution is -2.30. The van der Waals surface area contributed by atoms with E-state index in [2.05, 4.69) is 81.5 Å². The molecule has 0 aromatic rings. The molecule has 0 radical (unpaired) electrons. The molecule has 0 aliphatic rings. The minimum absolute atomic E-state index is 0.0452. The fraction of sp³-hybridized carbons (Fsp3) is 0.722. The van der Waals surface area contributed by atoms with Crippen LogP contribution in [0.2, 0.25) is 0 Å². The average Bonchev–Trinajstić information content (AvgIpc) is 3.30. The van der Waals surface area contributed by atoms with Gasteiger partial charge in [-0.1, -0.05) is 196 Å². The first-order chi connectivity index (χ1) is 32.2. The second-order valence-corrected chi connectivity index (χ2v) is 18.4. The maximum atomic E-state index is 12.8. The molecule has 0 bridgehead atoms. The summed E-state index contributed by atoms with van der Waals surface area (Å²) in [5.74, 6) is -1.58. The number of aliphatic hydroxyl groups is 1. The molecule has 0 saturated carbocycles. The van der Waals surface area contributed by atoms with Crippen molar-refractivity contribution in [2.45, 2.75) is 226 Å². The van der Waals surface area contributed by atoms with Crippen LogP contribution in [0.3, 0.4) is 0 Å². The minimum atomic E-state index is -4.76. The van der Waals surface area contributed by atoms with Gasteiger partial charge in [0.15, 0.2) is 6.10 Å². The van der Waals surface area contributed by atoms with Crippen molar-refractivity contribution in [3.8, 4) is 0 Å². The number of carbonyl (C=O) groups is 3. The predicted octanol–water partition coefficient (Wildman–Crippen LogP) is 14.6. The smallest absolute Gasteiger partial charge is 0.462 e. The highest BCUT2D eigenvalue weighted by atomic mass is 31.2. The van der Waals surface area contributed by atoms with Crippen molar-refractivity contribution in [2.75, 3.05) is 26.4 Å². The Morgan fingerprint density at radius 1 is 0.439 bits per heavy atom. The Bertz CT molecular complexity index is 1390. The van der Waals surface area contributed by atoms with Crippen LogP contribution in [-0.4, -0.2) is 66.5 Å². The Labute approximate surface area is 401 Å². The molecule has 0 aliphatic heterocycles. The number of esters is 3. The standard InChI is InChI=1S/C54H93O11P/c1-4-7-10-13-16-19-22-25-28-31-34-37-40-43-52(56)61-47-51(65-54(58)45-42-39-36-33-30-27-24-21-18-15-12-9-6-3)49-63-66(59,60)62-48-50(46-55)64-53(57)44-41-38-35-32-29-26-23-20-17-14-11-8-5-2/h9,11-12,14,18,20-21,23,27,30,36,39,50-51,55H,4-8,10,13,15-17,19,22,24-26,28-29,31-35,37-38,40-49H2,1-3H3,(H,59,60)/b12-9-,14-11-,21-18-,23-20-,30-27-,39-36-. The second-order valence-electron chi connectivity index (χ2n) is 17.0. The Balaban J connectivity index is 4.82. The van der Waals surface area contributed by atoms with Gasteiger partial charge >= 0.3 is 25.7 Å². The van der Waals surface area contributed by atoms with E-state index in [-0.39, 0.29) is 25.9 Å². The van der Waals surface area contributed by atoms with E-state index in [4.69, 9.17) is 23.3 Å². The SMILES string of the molecule is CC/C=C\C/C=C\C/C=C\C/C=C\CCC(=O)OC(COC(=O)CCCCCCCCCCCCCCC)COP(=O)(O)OCC(CO)OC(=O)CCCCCCC/C=C\C/C=C\CCC. The summed E-state index contributed by atoms with van der Waals surface area (Å²) in [4.78, 5) is 48.2. The fourth-order valence-corrected chi connectivity index (χ4v) is 7.48. The van der Waals surface area contributed by atoms with Crippen molar-refractivity contribution in [3.63, 3.8) is 0 Å². The van der Waals surface area contributed by atoms with E-state index >= 15 is 0 Å². The van der Waals surface area contributed by atoms with E-state index in [1.165, 1.54) is 57.8 Å². The molecule has 0 heterocycles. The van der Waals surface area contributed by atoms with Crippen molar-refractivity contribution in [1.29, 1.82) is 0 Å². The summed E-state index contributed by atoms with van der Waals surface area (Å²) >= 11 is 0. The molecule has 2 N–H and O–H groups in total. The van der Waals surface area contributed by atoms with Gasteiger partial charge in [-0.05, 0) is 70.6 Å². The van der Waals surface area contributed by atoms with Crippen LogP contribution in [0.4, 0.5) is 0 Å². The summed E-state index contributed by atoms with van der Waals surface area (Å²) in [6, 6.07) is 0. The Morgan fingerprint density at radius 3 is 1.36 bits per heavy atom. The zero-order valence-electron chi connectivity index (χ0n) is 41.6. The first-order valence-electron chi connectivity index (χ1n) is 25.8. The van der Waals surface area contributed by atoms with Crippen LogP contribution in [0.25, 0.3) is 0 Å². The third kappa shape index (κ3) is 46.0. The van der Waals surface area contributed by atoms with E-state index in [0.29, 0.717) is 19.3 Å². The lowest BCUT2D eigenvalue weighted by Gasteiger charge is -2.21. The number of phosphoric ester groups is 1. The molecule has 66 heavy (non-hydrogen) atoms. The summed E-state index contributed by atoms with van der Waals surface area (Å²) in [6.45, 7) is 4.35. The van der Waals surface area contributed by atoms with Gasteiger partial charge in [0, 0.05) is 19.3 Å². The van der Waals surface area contributed by atoms with Crippen molar-refractivity contribution < 1.29 is 52.2 Å². The third-order valence-electron chi connectivity index (χ3n) is 10.6. The second kappa shape index (κ2) is 48.4. The van der Waals surface area contributed by atoms with E-state index in [1.54, 1.807) is 0 Å². The van der Waals surface area contributed by atoms with Crippen molar-refractivity contribution >= 4 is 25.7 Å². The molecule has 0 spiro atoms. The number of carbonyl (C=O) groups excluding carboxylic acids is 3. The van der Waals surface area contributed by atoms with Gasteiger partial charge in [-0.2, -0.15) is 0 Å². The number of aliphatic hydroxyl groups excluding tert-OH is 1. The lowest BCUT2D eigenvalue weighted by molar-refractivity contribution is -0.161. The molecule has 3 unspecified atom stereocenters. The largest absolute Gasteiger partial charge is 0.472 e. The Kier molecular flexibility index (Phi) is 46.1. The summed E-state index contributed by atoms with van der Waals surface area (Å²) < 4.78 is 39.2. The van der Waals surface area contributed by atoms with Crippen molar-refractivity contribution in [3.05, 3.63) is 72.9 Å². The van der Waals surface area contributed by atoms with Gasteiger partial charge < -0.3 is 24.2 Å². The molecule has 0 rings (SSSR count). The van der Waals surface area contributed by atoms with Gasteiger partial charge in [0.1, 0.15) is 12.7 Å². The summed E-state index contributed by atoms with van der Waals surface area (Å²) in [5, 5.41) is 9.76. The van der Waals surface area contributed by atoms with Gasteiger partial charge in [-0.3, -0.25) is 23.4 Å². The Morgan fingerprint density at radius 2 is 0.848 bits per heavy atom. The topological polar surface area (TPSA) is 155 Å². The summed E-state index contributed by atoms with van der Waals surface area (Å²) in [7, 11) is -4.76. The minimum Gasteiger partial charge on any atom is -0.462 e. The maximum Gasteiger partial charge on any atom is 0.472 e. The molecule has 12 heteroatoms. The van der Waals surface area contributed by atoms with Gasteiger partial charge in [0.05, 0.1) is 19.8 Å². The maximum absolute atomic E-state index is 12.8. The highest BCUT2D eigenvalue weighted by Crippen LogP contribution is 2.43. The van der Waals surface area contributed by atoms with Gasteiger partial charge in [-0.25, -0.2) is 4.57 Å². The number of unbranched alkanes of at least 4 members (excludes halogenated alkanes) is 18. The molecule has 0 aliphatic carbocycles. The molecular weight excluding hydrogens is 856 g/mol. The number of hydrogen-bond donors (Lipinski definition) is 2. The first-order valence-corrected chi connectivity index (χ1v) is 27.3. The van der Waals surface area contributed by atoms with Crippen LogP contribution in [0, 0.1) is 0 Å². The normalized spacial score (nSPS) is 14.1. The van der Waals surface area contributed by atoms with E-state index in [1.807, 2.05) is 12.2 Å². The molecule has 0 saturated heterocycles. The molecule has 0 amide bonds. The molecule has 380 valence electrons. The van der Waals surface area contributed by atoms with Gasteiger partial charge in [0.2, 0.25) is 0 Å². The van der Waals surface area contributed by atoms with Crippen LogP contribution in [0.5, 0.6) is 0 Å². The lowest BCUT2D eigenvalue weighted by atomic mass is 10.0. The number of hydrogen-bond acceptors (Lipinski definition) is 10. The average molecular weight is 949 g/mol. The zero-order valence-corrected chi connectivity index (χ0v) is 42.5. The van der Waals surface area contributed by atoms with Crippen LogP contribution in [0.1, 0.15) is 213 Å². The van der Waals surface area contributed by atoms with Crippen LogP contribution >= 0.6 is 7.82 Å². The molecular formula is C54H93O11P. The predicted molar refractivity (Wildman–Crippen MR) is 270 cm³/mol. The van der Waals surface area contributed by atoms with E-state index < -0.39 is 57.8 Å². The highest BCUT2D eigenvalue weighted by Gasteiger charge is 2.28. The van der Waals surface area contributed by atoms with Crippen molar-refractivity contribution in [1.82, 2.24) is 0 Å². The molecule has 11 nitrogen and oxygen atoms in total. The van der Waals surface area contributed by atoms with Gasteiger partial charge in [-0.15, -0.1) is 0 Å². The molecule has 0 aromatic heterocycles. The van der Waals surface area contributed by atoms with Crippen molar-refractivity contribution in [2.24, 2.45) is 0 Å². The summed E-state index contributed by atoms with van der Waals surface area (Å²) in [5.41, 5.74) is 0. The fourth-order valence-electron chi connectivity index (χ4n) is 6.70. The Hall–Kier alpha value is -3.08.